The Labute approximate surface area is 107 Å². The minimum absolute atomic E-state index is 0.00818. The number of anilines is 1. The van der Waals surface area contributed by atoms with Gasteiger partial charge in [0, 0.05) is 12.6 Å². The normalized spacial score (nSPS) is 14.6. The fourth-order valence-electron chi connectivity index (χ4n) is 1.63. The van der Waals surface area contributed by atoms with Crippen molar-refractivity contribution in [3.05, 3.63) is 22.5 Å². The first-order valence-corrected chi connectivity index (χ1v) is 5.35. The van der Waals surface area contributed by atoms with Crippen LogP contribution in [-0.2, 0) is 0 Å². The van der Waals surface area contributed by atoms with Crippen LogP contribution >= 0.6 is 11.6 Å². The van der Waals surface area contributed by atoms with E-state index >= 15 is 0 Å². The summed E-state index contributed by atoms with van der Waals surface area (Å²) in [6, 6.07) is 1.34. The molecule has 1 aliphatic rings. The van der Waals surface area contributed by atoms with Gasteiger partial charge in [0.2, 0.25) is 0 Å². The van der Waals surface area contributed by atoms with Gasteiger partial charge >= 0.3 is 0 Å². The number of hydrazone groups is 1. The molecule has 0 unspecified atom stereocenters. The topological polar surface area (TPSA) is 109 Å². The van der Waals surface area contributed by atoms with Crippen molar-refractivity contribution in [3.8, 4) is 5.75 Å². The van der Waals surface area contributed by atoms with Gasteiger partial charge in [-0.25, -0.2) is 10.2 Å². The number of hydrogen-bond donors (Lipinski definition) is 4. The van der Waals surface area contributed by atoms with Crippen LogP contribution in [0.4, 0.5) is 10.1 Å². The summed E-state index contributed by atoms with van der Waals surface area (Å²) >= 11 is 5.73. The zero-order valence-electron chi connectivity index (χ0n) is 9.15. The molecule has 0 saturated carbocycles. The van der Waals surface area contributed by atoms with Crippen LogP contribution in [0.5, 0.6) is 5.75 Å². The fourth-order valence-corrected chi connectivity index (χ4v) is 1.82. The molecule has 0 fully saturated rings. The molecule has 0 aliphatic carbocycles. The Morgan fingerprint density at radius 2 is 2.39 bits per heavy atom. The second-order valence-electron chi connectivity index (χ2n) is 3.50. The van der Waals surface area contributed by atoms with E-state index < -0.39 is 5.82 Å². The van der Waals surface area contributed by atoms with Gasteiger partial charge in [0.05, 0.1) is 16.3 Å². The van der Waals surface area contributed by atoms with E-state index in [4.69, 9.17) is 33.1 Å². The lowest BCUT2D eigenvalue weighted by Crippen LogP contribution is -2.29. The van der Waals surface area contributed by atoms with Gasteiger partial charge in [-0.3, -0.25) is 5.21 Å². The summed E-state index contributed by atoms with van der Waals surface area (Å²) in [5.41, 5.74) is 5.79. The van der Waals surface area contributed by atoms with Crippen molar-refractivity contribution in [3.63, 3.8) is 0 Å². The maximum Gasteiger partial charge on any atom is 0.160 e. The number of benzene rings is 1. The monoisotopic (exact) mass is 275 g/mol. The van der Waals surface area contributed by atoms with Crippen molar-refractivity contribution >= 4 is 23.1 Å². The van der Waals surface area contributed by atoms with Crippen LogP contribution in [0.25, 0.3) is 0 Å². The quantitative estimate of drug-likeness (QED) is 0.270. The number of halogens is 2. The number of ether oxygens (including phenoxy) is 1. The number of fused-ring (bicyclic) bond motifs is 1. The van der Waals surface area contributed by atoms with E-state index in [1.807, 2.05) is 0 Å². The zero-order chi connectivity index (χ0) is 13.3. The Balaban J connectivity index is 2.60. The van der Waals surface area contributed by atoms with E-state index in [0.717, 1.165) is 0 Å². The summed E-state index contributed by atoms with van der Waals surface area (Å²) in [4.78, 5) is 0. The summed E-state index contributed by atoms with van der Waals surface area (Å²) in [5.74, 6) is 4.18. The van der Waals surface area contributed by atoms with Gasteiger partial charge in [-0.2, -0.15) is 0 Å². The first-order chi connectivity index (χ1) is 8.50. The standard InChI is InChI=1S/C9H11ClFN5O2/c10-4-3-5-8(14-1-2-18-5)6(7(4)11)9(12)15-16(13)17/h3,14,17H,1-2,13H2,(H2,12,15). The van der Waals surface area contributed by atoms with Crippen molar-refractivity contribution in [1.29, 1.82) is 0 Å². The molecule has 1 aromatic rings. The molecule has 2 rings (SSSR count). The lowest BCUT2D eigenvalue weighted by Gasteiger charge is -2.22. The second-order valence-corrected chi connectivity index (χ2v) is 3.91. The van der Waals surface area contributed by atoms with Crippen LogP contribution in [0.1, 0.15) is 5.56 Å². The Hall–Kier alpha value is -1.77. The van der Waals surface area contributed by atoms with Crippen LogP contribution in [0.15, 0.2) is 11.2 Å². The molecule has 0 spiro atoms. The van der Waals surface area contributed by atoms with Crippen LogP contribution in [0.3, 0.4) is 0 Å². The molecule has 6 N–H and O–H groups in total. The predicted molar refractivity (Wildman–Crippen MR) is 63.9 cm³/mol. The second kappa shape index (κ2) is 4.84. The molecule has 18 heavy (non-hydrogen) atoms. The number of nitrogens with zero attached hydrogens (tertiary/aromatic N) is 2. The van der Waals surface area contributed by atoms with Gasteiger partial charge in [-0.05, 0) is 0 Å². The molecular formula is C9H11ClFN5O2. The van der Waals surface area contributed by atoms with Crippen LogP contribution < -0.4 is 21.6 Å². The molecule has 0 amide bonds. The van der Waals surface area contributed by atoms with Crippen LogP contribution in [0.2, 0.25) is 5.02 Å². The Bertz CT molecular complexity index is 508. The average Bonchev–Trinajstić information content (AvgIpc) is 2.29. The third-order valence-electron chi connectivity index (χ3n) is 2.31. The molecule has 9 heteroatoms. The molecule has 1 aromatic carbocycles. The predicted octanol–water partition coefficient (Wildman–Crippen LogP) is 0.469. The largest absolute Gasteiger partial charge is 0.490 e. The van der Waals surface area contributed by atoms with Crippen molar-refractivity contribution in [2.45, 2.75) is 0 Å². The number of nitrogens with one attached hydrogen (secondary N) is 1. The number of rotatable bonds is 2. The molecule has 0 bridgehead atoms. The molecule has 0 saturated heterocycles. The molecular weight excluding hydrogens is 265 g/mol. The van der Waals surface area contributed by atoms with E-state index in [0.29, 0.717) is 24.6 Å². The Morgan fingerprint density at radius 1 is 1.67 bits per heavy atom. The van der Waals surface area contributed by atoms with Gasteiger partial charge < -0.3 is 15.8 Å². The maximum absolute atomic E-state index is 14.0. The van der Waals surface area contributed by atoms with E-state index in [2.05, 4.69) is 10.4 Å². The van der Waals surface area contributed by atoms with Crippen molar-refractivity contribution in [2.24, 2.45) is 16.7 Å². The number of hydrazine groups is 1. The minimum Gasteiger partial charge on any atom is -0.490 e. The van der Waals surface area contributed by atoms with Gasteiger partial charge in [0.1, 0.15) is 12.4 Å². The van der Waals surface area contributed by atoms with Gasteiger partial charge in [0.15, 0.2) is 11.7 Å². The molecule has 0 atom stereocenters. The van der Waals surface area contributed by atoms with Crippen molar-refractivity contribution in [1.82, 2.24) is 5.28 Å². The minimum atomic E-state index is -0.767. The van der Waals surface area contributed by atoms with E-state index in [1.165, 1.54) is 6.07 Å². The molecule has 0 aromatic heterocycles. The molecule has 7 nitrogen and oxygen atoms in total. The smallest absolute Gasteiger partial charge is 0.160 e. The number of nitrogens with two attached hydrogens (primary N) is 2. The highest BCUT2D eigenvalue weighted by Gasteiger charge is 2.23. The van der Waals surface area contributed by atoms with Crippen LogP contribution in [-0.4, -0.2) is 29.5 Å². The van der Waals surface area contributed by atoms with E-state index in [1.54, 1.807) is 0 Å². The summed E-state index contributed by atoms with van der Waals surface area (Å²) in [5, 5.41) is 14.9. The molecule has 98 valence electrons. The fraction of sp³-hybridized carbons (Fsp3) is 0.222. The van der Waals surface area contributed by atoms with Gasteiger partial charge in [-0.1, -0.05) is 16.9 Å². The first-order valence-electron chi connectivity index (χ1n) is 4.97. The van der Waals surface area contributed by atoms with Crippen LogP contribution in [0, 0.1) is 5.82 Å². The SMILES string of the molecule is N/C(=N\N(N)O)c1c(F)c(Cl)cc2c1NCCO2. The third kappa shape index (κ3) is 2.26. The highest BCUT2D eigenvalue weighted by molar-refractivity contribution is 6.31. The maximum atomic E-state index is 14.0. The lowest BCUT2D eigenvalue weighted by molar-refractivity contribution is -0.0917. The molecule has 1 aliphatic heterocycles. The summed E-state index contributed by atoms with van der Waals surface area (Å²) in [6.45, 7) is 0.911. The average molecular weight is 276 g/mol. The number of hydrogen-bond acceptors (Lipinski definition) is 6. The summed E-state index contributed by atoms with van der Waals surface area (Å²) in [6.07, 6.45) is 0. The zero-order valence-corrected chi connectivity index (χ0v) is 9.91. The van der Waals surface area contributed by atoms with E-state index in [9.17, 15) is 4.39 Å². The molecule has 0 radical (unpaired) electrons. The lowest BCUT2D eigenvalue weighted by atomic mass is 10.1. The highest BCUT2D eigenvalue weighted by Crippen LogP contribution is 2.36. The van der Waals surface area contributed by atoms with Gasteiger partial charge in [-0.15, -0.1) is 5.10 Å². The number of amidine groups is 1. The summed E-state index contributed by atoms with van der Waals surface area (Å²) < 4.78 is 19.3. The van der Waals surface area contributed by atoms with Crippen molar-refractivity contribution < 1.29 is 14.3 Å². The first kappa shape index (κ1) is 12.7. The van der Waals surface area contributed by atoms with Crippen molar-refractivity contribution in [2.75, 3.05) is 18.5 Å². The highest BCUT2D eigenvalue weighted by atomic mass is 35.5. The Kier molecular flexibility index (Phi) is 3.41. The van der Waals surface area contributed by atoms with E-state index in [-0.39, 0.29) is 21.7 Å². The van der Waals surface area contributed by atoms with Gasteiger partial charge in [0.25, 0.3) is 0 Å². The molecule has 1 heterocycles. The summed E-state index contributed by atoms with van der Waals surface area (Å²) in [7, 11) is 0. The Morgan fingerprint density at radius 3 is 3.06 bits per heavy atom. The third-order valence-corrected chi connectivity index (χ3v) is 2.59.